The molecule has 2 aromatic carbocycles. The fraction of sp³-hybridized carbons (Fsp3) is 0.333. The second kappa shape index (κ2) is 11.3. The number of hydrogen-bond donors (Lipinski definition) is 1. The standard InChI is InChI=1S/C30H33N5O2/c1-20(2)34(4)28-12-11-26(19-32-28)29(36)33-27-17-25(8-5-21(27)3)30(37)35-15-13-24(14-16-35)23-9-6-22(18-31)7-10-23/h5-12,17,19-20,24H,13-16H2,1-4H3,(H,33,36). The Morgan fingerprint density at radius 1 is 1.05 bits per heavy atom. The molecule has 4 rings (SSSR count). The first-order valence-corrected chi connectivity index (χ1v) is 12.7. The molecule has 0 aliphatic carbocycles. The van der Waals surface area contributed by atoms with Gasteiger partial charge in [0, 0.05) is 43.6 Å². The highest BCUT2D eigenvalue weighted by Gasteiger charge is 2.25. The van der Waals surface area contributed by atoms with Crippen molar-refractivity contribution in [2.45, 2.75) is 45.6 Å². The van der Waals surface area contributed by atoms with E-state index in [4.69, 9.17) is 5.26 Å². The van der Waals surface area contributed by atoms with Gasteiger partial charge in [0.05, 0.1) is 17.2 Å². The van der Waals surface area contributed by atoms with Gasteiger partial charge in [-0.2, -0.15) is 5.26 Å². The minimum Gasteiger partial charge on any atom is -0.357 e. The van der Waals surface area contributed by atoms with Crippen molar-refractivity contribution in [3.05, 3.63) is 88.6 Å². The lowest BCUT2D eigenvalue weighted by Gasteiger charge is -2.32. The van der Waals surface area contributed by atoms with Crippen LogP contribution in [0.1, 0.15) is 70.0 Å². The van der Waals surface area contributed by atoms with Gasteiger partial charge in [-0.15, -0.1) is 0 Å². The normalized spacial score (nSPS) is 13.8. The second-order valence-electron chi connectivity index (χ2n) is 9.89. The fourth-order valence-corrected chi connectivity index (χ4v) is 4.51. The number of carbonyl (C=O) groups is 2. The fourth-order valence-electron chi connectivity index (χ4n) is 4.51. The molecule has 7 nitrogen and oxygen atoms in total. The minimum absolute atomic E-state index is 0.0310. The summed E-state index contributed by atoms with van der Waals surface area (Å²) >= 11 is 0. The third kappa shape index (κ3) is 5.97. The van der Waals surface area contributed by atoms with Gasteiger partial charge in [0.1, 0.15) is 5.82 Å². The van der Waals surface area contributed by atoms with E-state index in [0.29, 0.717) is 47.4 Å². The van der Waals surface area contributed by atoms with Crippen molar-refractivity contribution in [1.29, 1.82) is 5.26 Å². The molecule has 0 radical (unpaired) electrons. The Labute approximate surface area is 218 Å². The van der Waals surface area contributed by atoms with Gasteiger partial charge in [-0.1, -0.05) is 18.2 Å². The van der Waals surface area contributed by atoms with Crippen molar-refractivity contribution in [2.24, 2.45) is 0 Å². The molecule has 1 aliphatic rings. The van der Waals surface area contributed by atoms with Gasteiger partial charge in [0.25, 0.3) is 11.8 Å². The summed E-state index contributed by atoms with van der Waals surface area (Å²) in [5, 5.41) is 12.0. The predicted octanol–water partition coefficient (Wildman–Crippen LogP) is 5.38. The molecule has 2 amide bonds. The van der Waals surface area contributed by atoms with Crippen LogP contribution < -0.4 is 10.2 Å². The molecule has 2 heterocycles. The number of nitrogens with one attached hydrogen (secondary N) is 1. The number of aromatic nitrogens is 1. The Kier molecular flexibility index (Phi) is 7.88. The van der Waals surface area contributed by atoms with E-state index < -0.39 is 0 Å². The Bertz CT molecular complexity index is 1300. The Hall–Kier alpha value is -4.18. The zero-order valence-corrected chi connectivity index (χ0v) is 21.9. The van der Waals surface area contributed by atoms with Crippen LogP contribution in [0.25, 0.3) is 0 Å². The molecule has 7 heteroatoms. The first kappa shape index (κ1) is 25.9. The SMILES string of the molecule is Cc1ccc(C(=O)N2CCC(c3ccc(C#N)cc3)CC2)cc1NC(=O)c1ccc(N(C)C(C)C)nc1. The molecule has 1 fully saturated rings. The molecular weight excluding hydrogens is 462 g/mol. The molecule has 0 spiro atoms. The molecule has 0 saturated carbocycles. The Balaban J connectivity index is 1.40. The van der Waals surface area contributed by atoms with E-state index in [1.165, 1.54) is 5.56 Å². The first-order valence-electron chi connectivity index (χ1n) is 12.7. The van der Waals surface area contributed by atoms with Crippen LogP contribution in [0.2, 0.25) is 0 Å². The van der Waals surface area contributed by atoms with Crippen LogP contribution in [0.15, 0.2) is 60.8 Å². The summed E-state index contributed by atoms with van der Waals surface area (Å²) < 4.78 is 0. The van der Waals surface area contributed by atoms with E-state index in [0.717, 1.165) is 24.2 Å². The topological polar surface area (TPSA) is 89.3 Å². The summed E-state index contributed by atoms with van der Waals surface area (Å²) in [5.41, 5.74) is 4.39. The Morgan fingerprint density at radius 2 is 1.73 bits per heavy atom. The lowest BCUT2D eigenvalue weighted by atomic mass is 9.89. The largest absolute Gasteiger partial charge is 0.357 e. The molecule has 1 N–H and O–H groups in total. The van der Waals surface area contributed by atoms with Gasteiger partial charge >= 0.3 is 0 Å². The number of amides is 2. The summed E-state index contributed by atoms with van der Waals surface area (Å²) in [5.74, 6) is 0.891. The van der Waals surface area contributed by atoms with Gasteiger partial charge in [-0.25, -0.2) is 4.98 Å². The molecular formula is C30H33N5O2. The quantitative estimate of drug-likeness (QED) is 0.496. The number of pyridine rings is 1. The van der Waals surface area contributed by atoms with Crippen molar-refractivity contribution in [3.63, 3.8) is 0 Å². The van der Waals surface area contributed by atoms with Gasteiger partial charge < -0.3 is 15.1 Å². The molecule has 1 aliphatic heterocycles. The molecule has 1 saturated heterocycles. The average molecular weight is 496 g/mol. The summed E-state index contributed by atoms with van der Waals surface area (Å²) in [6.07, 6.45) is 3.33. The van der Waals surface area contributed by atoms with Gasteiger partial charge in [-0.05, 0) is 87.1 Å². The average Bonchev–Trinajstić information content (AvgIpc) is 2.93. The van der Waals surface area contributed by atoms with E-state index in [2.05, 4.69) is 30.2 Å². The highest BCUT2D eigenvalue weighted by atomic mass is 16.2. The number of likely N-dealkylation sites (tertiary alicyclic amines) is 1. The van der Waals surface area contributed by atoms with Crippen molar-refractivity contribution < 1.29 is 9.59 Å². The molecule has 0 atom stereocenters. The summed E-state index contributed by atoms with van der Waals surface area (Å²) in [4.78, 5) is 34.5. The predicted molar refractivity (Wildman–Crippen MR) is 146 cm³/mol. The van der Waals surface area contributed by atoms with Crippen LogP contribution >= 0.6 is 0 Å². The molecule has 37 heavy (non-hydrogen) atoms. The molecule has 190 valence electrons. The van der Waals surface area contributed by atoms with E-state index in [-0.39, 0.29) is 11.8 Å². The number of nitrogens with zero attached hydrogens (tertiary/aromatic N) is 4. The molecule has 0 unspecified atom stereocenters. The van der Waals surface area contributed by atoms with E-state index in [1.807, 2.05) is 66.2 Å². The van der Waals surface area contributed by atoms with Crippen molar-refractivity contribution in [2.75, 3.05) is 30.4 Å². The summed E-state index contributed by atoms with van der Waals surface area (Å²) in [6, 6.07) is 19.2. The van der Waals surface area contributed by atoms with E-state index in [9.17, 15) is 9.59 Å². The third-order valence-corrected chi connectivity index (χ3v) is 7.17. The number of benzene rings is 2. The van der Waals surface area contributed by atoms with Crippen LogP contribution in [0.4, 0.5) is 11.5 Å². The number of nitriles is 1. The molecule has 3 aromatic rings. The van der Waals surface area contributed by atoms with Crippen molar-refractivity contribution >= 4 is 23.3 Å². The highest BCUT2D eigenvalue weighted by molar-refractivity contribution is 6.05. The summed E-state index contributed by atoms with van der Waals surface area (Å²) in [6.45, 7) is 7.41. The maximum absolute atomic E-state index is 13.3. The van der Waals surface area contributed by atoms with E-state index >= 15 is 0 Å². The number of carbonyl (C=O) groups excluding carboxylic acids is 2. The highest BCUT2D eigenvalue weighted by Crippen LogP contribution is 2.29. The number of aryl methyl sites for hydroxylation is 1. The van der Waals surface area contributed by atoms with Crippen LogP contribution in [-0.2, 0) is 0 Å². The van der Waals surface area contributed by atoms with Gasteiger partial charge in [-0.3, -0.25) is 9.59 Å². The lowest BCUT2D eigenvalue weighted by molar-refractivity contribution is 0.0712. The van der Waals surface area contributed by atoms with Crippen molar-refractivity contribution in [1.82, 2.24) is 9.88 Å². The maximum Gasteiger partial charge on any atom is 0.257 e. The van der Waals surface area contributed by atoms with Gasteiger partial charge in [0.15, 0.2) is 0 Å². The monoisotopic (exact) mass is 495 g/mol. The van der Waals surface area contributed by atoms with Gasteiger partial charge in [0.2, 0.25) is 0 Å². The van der Waals surface area contributed by atoms with E-state index in [1.54, 1.807) is 18.3 Å². The number of piperidine rings is 1. The zero-order chi connectivity index (χ0) is 26.5. The smallest absolute Gasteiger partial charge is 0.257 e. The van der Waals surface area contributed by atoms with Crippen LogP contribution in [-0.4, -0.2) is 47.9 Å². The number of rotatable bonds is 6. The zero-order valence-electron chi connectivity index (χ0n) is 21.9. The van der Waals surface area contributed by atoms with Crippen molar-refractivity contribution in [3.8, 4) is 6.07 Å². The first-order chi connectivity index (χ1) is 17.8. The number of anilines is 2. The minimum atomic E-state index is -0.262. The molecule has 1 aromatic heterocycles. The van der Waals surface area contributed by atoms with Crippen LogP contribution in [0.3, 0.4) is 0 Å². The lowest BCUT2D eigenvalue weighted by Crippen LogP contribution is -2.38. The van der Waals surface area contributed by atoms with Crippen LogP contribution in [0, 0.1) is 18.3 Å². The number of hydrogen-bond acceptors (Lipinski definition) is 5. The Morgan fingerprint density at radius 3 is 2.32 bits per heavy atom. The second-order valence-corrected chi connectivity index (χ2v) is 9.89. The maximum atomic E-state index is 13.3. The summed E-state index contributed by atoms with van der Waals surface area (Å²) in [7, 11) is 1.97. The molecule has 0 bridgehead atoms. The van der Waals surface area contributed by atoms with Crippen LogP contribution in [0.5, 0.6) is 0 Å². The third-order valence-electron chi connectivity index (χ3n) is 7.17.